The van der Waals surface area contributed by atoms with E-state index in [0.29, 0.717) is 5.95 Å². The average molecular weight is 806 g/mol. The first kappa shape index (κ1) is 35.2. The lowest BCUT2D eigenvalue weighted by atomic mass is 9.93. The third kappa shape index (κ3) is 5.71. The SMILES string of the molecule is c1ccc(-c2cccc(-c3cc(-c4ccccc4)nc(-n4c5ccccc5c5c(-c6cccc7c6oc6ccccc67)cc(-c6ccc7oc8ccccc8c7c6)cc54)n3)c2)cc1. The molecule has 0 aliphatic carbocycles. The molecule has 0 saturated heterocycles. The molecule has 0 spiro atoms. The molecular weight excluding hydrogens is 771 g/mol. The van der Waals surface area contributed by atoms with Gasteiger partial charge in [-0.2, -0.15) is 0 Å². The fourth-order valence-electron chi connectivity index (χ4n) is 9.48. The Morgan fingerprint density at radius 2 is 0.905 bits per heavy atom. The second-order valence-electron chi connectivity index (χ2n) is 16.1. The van der Waals surface area contributed by atoms with Gasteiger partial charge in [0, 0.05) is 49.0 Å². The van der Waals surface area contributed by atoms with Crippen LogP contribution in [0.3, 0.4) is 0 Å². The van der Waals surface area contributed by atoms with Gasteiger partial charge in [0.2, 0.25) is 5.95 Å². The van der Waals surface area contributed by atoms with Crippen molar-refractivity contribution in [2.75, 3.05) is 0 Å². The monoisotopic (exact) mass is 805 g/mol. The molecular formula is C58H35N3O2. The molecule has 63 heavy (non-hydrogen) atoms. The number of para-hydroxylation sites is 4. The van der Waals surface area contributed by atoms with Crippen LogP contribution < -0.4 is 0 Å². The summed E-state index contributed by atoms with van der Waals surface area (Å²) in [4.78, 5) is 10.9. The summed E-state index contributed by atoms with van der Waals surface area (Å²) < 4.78 is 15.3. The largest absolute Gasteiger partial charge is 0.456 e. The molecule has 0 aliphatic heterocycles. The van der Waals surface area contributed by atoms with Crippen molar-refractivity contribution in [3.05, 3.63) is 212 Å². The van der Waals surface area contributed by atoms with Crippen molar-refractivity contribution >= 4 is 65.7 Å². The number of benzene rings is 9. The van der Waals surface area contributed by atoms with Gasteiger partial charge in [-0.05, 0) is 82.4 Å². The summed E-state index contributed by atoms with van der Waals surface area (Å²) >= 11 is 0. The van der Waals surface area contributed by atoms with Gasteiger partial charge in [-0.3, -0.25) is 4.57 Å². The summed E-state index contributed by atoms with van der Waals surface area (Å²) in [5.41, 5.74) is 15.6. The average Bonchev–Trinajstić information content (AvgIpc) is 4.04. The summed E-state index contributed by atoms with van der Waals surface area (Å²) in [7, 11) is 0. The molecule has 0 atom stereocenters. The highest BCUT2D eigenvalue weighted by molar-refractivity contribution is 6.20. The van der Waals surface area contributed by atoms with Gasteiger partial charge < -0.3 is 8.83 Å². The highest BCUT2D eigenvalue weighted by Crippen LogP contribution is 2.45. The Hall–Kier alpha value is -8.54. The van der Waals surface area contributed by atoms with Crippen molar-refractivity contribution in [3.63, 3.8) is 0 Å². The number of furan rings is 2. The van der Waals surface area contributed by atoms with Crippen LogP contribution >= 0.6 is 0 Å². The van der Waals surface area contributed by atoms with Gasteiger partial charge in [-0.1, -0.05) is 158 Å². The van der Waals surface area contributed by atoms with Crippen LogP contribution in [0.25, 0.3) is 128 Å². The molecule has 294 valence electrons. The van der Waals surface area contributed by atoms with Gasteiger partial charge in [0.1, 0.15) is 22.3 Å². The second-order valence-corrected chi connectivity index (χ2v) is 16.1. The van der Waals surface area contributed by atoms with Crippen LogP contribution in [0.15, 0.2) is 221 Å². The van der Waals surface area contributed by atoms with E-state index in [9.17, 15) is 0 Å². The minimum Gasteiger partial charge on any atom is -0.456 e. The topological polar surface area (TPSA) is 57.0 Å². The Bertz CT molecular complexity index is 3910. The summed E-state index contributed by atoms with van der Waals surface area (Å²) in [6, 6.07) is 74.4. The number of hydrogen-bond donors (Lipinski definition) is 0. The molecule has 13 rings (SSSR count). The number of hydrogen-bond acceptors (Lipinski definition) is 4. The lowest BCUT2D eigenvalue weighted by Gasteiger charge is -2.14. The standard InChI is InChI=1S/C58H35N3O2/c1-3-15-36(16-4-1)38-19-13-20-40(31-38)50-35-49(37-17-5-2-6-18-37)59-58(60-50)61-51-26-10-7-23-46(51)56-48(45-25-14-24-44-42-21-8-12-28-54(42)63-57(44)45)33-41(34-52(56)61)39-29-30-55-47(32-39)43-22-9-11-27-53(43)62-55/h1-35H. The molecule has 0 aliphatic rings. The highest BCUT2D eigenvalue weighted by Gasteiger charge is 2.23. The molecule has 4 aromatic heterocycles. The van der Waals surface area contributed by atoms with E-state index >= 15 is 0 Å². The molecule has 0 unspecified atom stereocenters. The Labute approximate surface area is 361 Å². The first-order chi connectivity index (χ1) is 31.2. The van der Waals surface area contributed by atoms with Crippen LogP contribution in [-0.4, -0.2) is 14.5 Å². The molecule has 0 fully saturated rings. The normalized spacial score (nSPS) is 11.8. The summed E-state index contributed by atoms with van der Waals surface area (Å²) in [6.07, 6.45) is 0. The van der Waals surface area contributed by atoms with E-state index in [1.807, 2.05) is 36.4 Å². The number of rotatable bonds is 6. The van der Waals surface area contributed by atoms with E-state index in [1.165, 1.54) is 0 Å². The van der Waals surface area contributed by atoms with E-state index in [-0.39, 0.29) is 0 Å². The van der Waals surface area contributed by atoms with Crippen molar-refractivity contribution in [1.29, 1.82) is 0 Å². The molecule has 0 saturated carbocycles. The van der Waals surface area contributed by atoms with Crippen molar-refractivity contribution < 1.29 is 8.83 Å². The lowest BCUT2D eigenvalue weighted by molar-refractivity contribution is 0.669. The second kappa shape index (κ2) is 14.0. The van der Waals surface area contributed by atoms with Crippen molar-refractivity contribution in [2.24, 2.45) is 0 Å². The van der Waals surface area contributed by atoms with Crippen LogP contribution in [0.1, 0.15) is 0 Å². The predicted molar refractivity (Wildman–Crippen MR) is 258 cm³/mol. The molecule has 9 aromatic carbocycles. The van der Waals surface area contributed by atoms with Gasteiger partial charge in [-0.15, -0.1) is 0 Å². The first-order valence-corrected chi connectivity index (χ1v) is 21.2. The zero-order chi connectivity index (χ0) is 41.4. The van der Waals surface area contributed by atoms with Crippen LogP contribution in [0.5, 0.6) is 0 Å². The summed E-state index contributed by atoms with van der Waals surface area (Å²) in [5.74, 6) is 0.587. The highest BCUT2D eigenvalue weighted by atomic mass is 16.3. The van der Waals surface area contributed by atoms with E-state index in [1.54, 1.807) is 0 Å². The zero-order valence-corrected chi connectivity index (χ0v) is 33.9. The maximum atomic E-state index is 6.76. The number of aromatic nitrogens is 3. The number of fused-ring (bicyclic) bond motifs is 9. The number of nitrogens with zero attached hydrogens (tertiary/aromatic N) is 3. The van der Waals surface area contributed by atoms with Gasteiger partial charge in [0.05, 0.1) is 22.4 Å². The van der Waals surface area contributed by atoms with E-state index in [0.717, 1.165) is 122 Å². The maximum Gasteiger partial charge on any atom is 0.235 e. The van der Waals surface area contributed by atoms with Crippen LogP contribution in [0.4, 0.5) is 0 Å². The van der Waals surface area contributed by atoms with Gasteiger partial charge in [-0.25, -0.2) is 9.97 Å². The van der Waals surface area contributed by atoms with Gasteiger partial charge in [0.25, 0.3) is 0 Å². The third-order valence-electron chi connectivity index (χ3n) is 12.4. The minimum atomic E-state index is 0.587. The van der Waals surface area contributed by atoms with Crippen LogP contribution in [0, 0.1) is 0 Å². The molecule has 5 nitrogen and oxygen atoms in total. The predicted octanol–water partition coefficient (Wildman–Crippen LogP) is 15.7. The zero-order valence-electron chi connectivity index (χ0n) is 33.9. The molecule has 0 radical (unpaired) electrons. The fraction of sp³-hybridized carbons (Fsp3) is 0. The molecule has 0 amide bonds. The quantitative estimate of drug-likeness (QED) is 0.168. The Kier molecular flexibility index (Phi) is 7.84. The summed E-state index contributed by atoms with van der Waals surface area (Å²) in [5, 5.41) is 6.53. The van der Waals surface area contributed by atoms with E-state index in [4.69, 9.17) is 18.8 Å². The smallest absolute Gasteiger partial charge is 0.235 e. The molecule has 13 aromatic rings. The fourth-order valence-corrected chi connectivity index (χ4v) is 9.48. The molecule has 0 bridgehead atoms. The third-order valence-corrected chi connectivity index (χ3v) is 12.4. The summed E-state index contributed by atoms with van der Waals surface area (Å²) in [6.45, 7) is 0. The maximum absolute atomic E-state index is 6.76. The lowest BCUT2D eigenvalue weighted by Crippen LogP contribution is -2.04. The molecule has 0 N–H and O–H groups in total. The Morgan fingerprint density at radius 1 is 0.317 bits per heavy atom. The van der Waals surface area contributed by atoms with Gasteiger partial charge in [0.15, 0.2) is 0 Å². The van der Waals surface area contributed by atoms with Crippen LogP contribution in [0.2, 0.25) is 0 Å². The van der Waals surface area contributed by atoms with Crippen molar-refractivity contribution in [2.45, 2.75) is 0 Å². The molecule has 5 heteroatoms. The Balaban J connectivity index is 1.13. The van der Waals surface area contributed by atoms with E-state index in [2.05, 4.69) is 180 Å². The minimum absolute atomic E-state index is 0.587. The Morgan fingerprint density at radius 3 is 1.71 bits per heavy atom. The van der Waals surface area contributed by atoms with E-state index < -0.39 is 0 Å². The van der Waals surface area contributed by atoms with Crippen molar-refractivity contribution in [1.82, 2.24) is 14.5 Å². The first-order valence-electron chi connectivity index (χ1n) is 21.2. The molecule has 4 heterocycles. The van der Waals surface area contributed by atoms with Gasteiger partial charge >= 0.3 is 0 Å². The van der Waals surface area contributed by atoms with Crippen LogP contribution in [-0.2, 0) is 0 Å². The van der Waals surface area contributed by atoms with Crippen molar-refractivity contribution in [3.8, 4) is 61.8 Å².